The predicted octanol–water partition coefficient (Wildman–Crippen LogP) is 5.20. The molecule has 4 N–H and O–H groups in total. The van der Waals surface area contributed by atoms with Gasteiger partial charge in [0.25, 0.3) is 11.8 Å². The van der Waals surface area contributed by atoms with Gasteiger partial charge in [-0.05, 0) is 69.3 Å². The number of ether oxygens (including phenoxy) is 1. The van der Waals surface area contributed by atoms with E-state index >= 15 is 0 Å². The van der Waals surface area contributed by atoms with Crippen molar-refractivity contribution in [3.8, 4) is 0 Å². The monoisotopic (exact) mass is 780 g/mol. The number of nitrogens with zero attached hydrogens (tertiary/aromatic N) is 2. The van der Waals surface area contributed by atoms with Crippen molar-refractivity contribution < 1.29 is 28.7 Å². The third-order valence-corrected chi connectivity index (χ3v) is 11.2. The molecular formula is C45H60N6O6. The molecule has 0 saturated heterocycles. The van der Waals surface area contributed by atoms with E-state index in [1.165, 1.54) is 36.7 Å². The van der Waals surface area contributed by atoms with E-state index in [-0.39, 0.29) is 11.8 Å². The number of hydrogen-bond donors (Lipinski definition) is 4. The van der Waals surface area contributed by atoms with Gasteiger partial charge in [-0.15, -0.1) is 0 Å². The van der Waals surface area contributed by atoms with Crippen LogP contribution in [0.2, 0.25) is 0 Å². The van der Waals surface area contributed by atoms with Crippen LogP contribution in [0.5, 0.6) is 0 Å². The number of para-hydroxylation sites is 1. The summed E-state index contributed by atoms with van der Waals surface area (Å²) in [4.78, 5) is 74.7. The number of carbonyl (C=O) groups excluding carboxylic acids is 5. The molecule has 1 aliphatic carbocycles. The van der Waals surface area contributed by atoms with Gasteiger partial charge in [0.2, 0.25) is 17.7 Å². The van der Waals surface area contributed by atoms with Crippen LogP contribution in [0.25, 0.3) is 10.9 Å². The zero-order valence-electron chi connectivity index (χ0n) is 34.3. The molecule has 57 heavy (non-hydrogen) atoms. The first kappa shape index (κ1) is 42.9. The van der Waals surface area contributed by atoms with E-state index in [9.17, 15) is 24.0 Å². The zero-order chi connectivity index (χ0) is 41.1. The van der Waals surface area contributed by atoms with Crippen molar-refractivity contribution in [3.63, 3.8) is 0 Å². The van der Waals surface area contributed by atoms with Crippen molar-refractivity contribution in [3.05, 3.63) is 95.9 Å². The van der Waals surface area contributed by atoms with E-state index in [0.717, 1.165) is 47.7 Å². The minimum absolute atomic E-state index is 0.0245. The second kappa shape index (κ2) is 20.3. The Labute approximate surface area is 336 Å². The molecular weight excluding hydrogens is 721 g/mol. The summed E-state index contributed by atoms with van der Waals surface area (Å²) in [5, 5.41) is 10.0. The predicted molar refractivity (Wildman–Crippen MR) is 222 cm³/mol. The highest BCUT2D eigenvalue weighted by Gasteiger charge is 2.38. The number of carbonyl (C=O) groups is 5. The van der Waals surface area contributed by atoms with Gasteiger partial charge in [-0.2, -0.15) is 0 Å². The van der Waals surface area contributed by atoms with Crippen molar-refractivity contribution in [1.29, 1.82) is 0 Å². The molecule has 0 unspecified atom stereocenters. The topological polar surface area (TPSA) is 153 Å². The Balaban J connectivity index is 1.29. The van der Waals surface area contributed by atoms with Crippen LogP contribution in [-0.2, 0) is 41.6 Å². The lowest BCUT2D eigenvalue weighted by atomic mass is 9.84. The number of nitrogens with one attached hydrogen (secondary N) is 4. The quantitative estimate of drug-likeness (QED) is 0.130. The number of amides is 5. The van der Waals surface area contributed by atoms with Crippen molar-refractivity contribution in [1.82, 2.24) is 30.7 Å². The summed E-state index contributed by atoms with van der Waals surface area (Å²) >= 11 is 0. The van der Waals surface area contributed by atoms with Gasteiger partial charge >= 0.3 is 0 Å². The number of aryl methyl sites for hydroxylation is 1. The fourth-order valence-electron chi connectivity index (χ4n) is 8.28. The average molecular weight is 781 g/mol. The molecule has 2 heterocycles. The summed E-state index contributed by atoms with van der Waals surface area (Å²) in [6.45, 7) is 5.69. The second-order valence-electron chi connectivity index (χ2n) is 16.1. The number of rotatable bonds is 18. The normalized spacial score (nSPS) is 18.4. The van der Waals surface area contributed by atoms with Crippen molar-refractivity contribution >= 4 is 40.4 Å². The summed E-state index contributed by atoms with van der Waals surface area (Å²) in [7, 11) is 5.19. The molecule has 5 amide bonds. The summed E-state index contributed by atoms with van der Waals surface area (Å²) in [5.41, 5.74) is 2.91. The standard InChI is InChI=1S/C45H60N6O6/c1-29(2)42(50(4)5)45(56)49-37(25-32-17-11-8-12-18-32)44(55)48-36(23-22-31-15-9-7-10-16-31)43(54)47-30(3)21-24-40(52)51-38(39(57-6)27-41(51)53)26-33-28-46-35-20-14-13-19-34(33)35/h7,9-10,13-16,19-21,24,27-30,32,36-38,42,46H,8,11-12,17-18,22-23,25-26H2,1-6H3,(H,47,54)(H,48,55)(H,49,56)/t30-,36-,37-,38-,42-/m0/s1. The van der Waals surface area contributed by atoms with Crippen LogP contribution >= 0.6 is 0 Å². The lowest BCUT2D eigenvalue weighted by molar-refractivity contribution is -0.139. The highest BCUT2D eigenvalue weighted by atomic mass is 16.5. The third-order valence-electron chi connectivity index (χ3n) is 11.2. The van der Waals surface area contributed by atoms with Crippen LogP contribution in [0.4, 0.5) is 0 Å². The average Bonchev–Trinajstić information content (AvgIpc) is 3.75. The molecule has 0 spiro atoms. The van der Waals surface area contributed by atoms with Crippen molar-refractivity contribution in [2.45, 2.75) is 109 Å². The largest absolute Gasteiger partial charge is 0.499 e. The van der Waals surface area contributed by atoms with Gasteiger partial charge in [-0.3, -0.25) is 33.8 Å². The lowest BCUT2D eigenvalue weighted by Crippen LogP contribution is -2.57. The maximum Gasteiger partial charge on any atom is 0.257 e. The smallest absolute Gasteiger partial charge is 0.257 e. The second-order valence-corrected chi connectivity index (χ2v) is 16.1. The van der Waals surface area contributed by atoms with Crippen LogP contribution in [0.3, 0.4) is 0 Å². The molecule has 0 radical (unpaired) electrons. The molecule has 12 heteroatoms. The Hall–Kier alpha value is -5.23. The van der Waals surface area contributed by atoms with Gasteiger partial charge in [0.1, 0.15) is 23.9 Å². The molecule has 1 fully saturated rings. The van der Waals surface area contributed by atoms with E-state index in [2.05, 4.69) is 20.9 Å². The van der Waals surface area contributed by atoms with Crippen LogP contribution in [0.1, 0.15) is 76.8 Å². The van der Waals surface area contributed by atoms with Gasteiger partial charge in [0, 0.05) is 41.7 Å². The Bertz CT molecular complexity index is 1900. The van der Waals surface area contributed by atoms with Crippen LogP contribution in [0.15, 0.2) is 84.8 Å². The Kier molecular flexibility index (Phi) is 15.3. The highest BCUT2D eigenvalue weighted by Crippen LogP contribution is 2.29. The summed E-state index contributed by atoms with van der Waals surface area (Å²) < 4.78 is 5.53. The number of H-pyrrole nitrogens is 1. The zero-order valence-corrected chi connectivity index (χ0v) is 34.3. The van der Waals surface area contributed by atoms with Crippen LogP contribution < -0.4 is 16.0 Å². The van der Waals surface area contributed by atoms with E-state index in [4.69, 9.17) is 4.74 Å². The molecule has 5 rings (SSSR count). The molecule has 306 valence electrons. The van der Waals surface area contributed by atoms with Crippen molar-refractivity contribution in [2.24, 2.45) is 11.8 Å². The number of hydrogen-bond acceptors (Lipinski definition) is 7. The van der Waals surface area contributed by atoms with Gasteiger partial charge in [-0.25, -0.2) is 0 Å². The molecule has 5 atom stereocenters. The number of fused-ring (bicyclic) bond motifs is 1. The van der Waals surface area contributed by atoms with Gasteiger partial charge < -0.3 is 25.7 Å². The number of aromatic amines is 1. The first-order valence-electron chi connectivity index (χ1n) is 20.3. The summed E-state index contributed by atoms with van der Waals surface area (Å²) in [6, 6.07) is 14.2. The minimum Gasteiger partial charge on any atom is -0.499 e. The third kappa shape index (κ3) is 11.4. The van der Waals surface area contributed by atoms with E-state index in [1.54, 1.807) is 6.92 Å². The fraction of sp³-hybridized carbons (Fsp3) is 0.489. The first-order valence-corrected chi connectivity index (χ1v) is 20.3. The highest BCUT2D eigenvalue weighted by molar-refractivity contribution is 6.08. The molecule has 0 bridgehead atoms. The fourth-order valence-corrected chi connectivity index (χ4v) is 8.28. The summed E-state index contributed by atoms with van der Waals surface area (Å²) in [5.74, 6) is -1.33. The maximum atomic E-state index is 14.2. The van der Waals surface area contributed by atoms with Crippen LogP contribution in [0, 0.1) is 11.8 Å². The molecule has 1 aliphatic heterocycles. The number of aromatic nitrogens is 1. The van der Waals surface area contributed by atoms with Crippen LogP contribution in [-0.4, -0.2) is 95.7 Å². The molecule has 2 aliphatic rings. The first-order chi connectivity index (χ1) is 27.4. The molecule has 3 aromatic rings. The minimum atomic E-state index is -0.918. The Morgan fingerprint density at radius 1 is 0.895 bits per heavy atom. The van der Waals surface area contributed by atoms with Gasteiger partial charge in [0.05, 0.1) is 13.2 Å². The molecule has 2 aromatic carbocycles. The molecule has 1 aromatic heterocycles. The Morgan fingerprint density at radius 2 is 1.56 bits per heavy atom. The van der Waals surface area contributed by atoms with Crippen molar-refractivity contribution in [2.75, 3.05) is 21.2 Å². The van der Waals surface area contributed by atoms with E-state index in [0.29, 0.717) is 37.4 Å². The molecule has 12 nitrogen and oxygen atoms in total. The number of benzene rings is 2. The SMILES string of the molecule is COC1=CC(=O)N(C(=O)C=C[C@H](C)NC(=O)[C@H](CCc2ccccc2)NC(=O)[C@H](CC2CCCCC2)NC(=O)[C@H](C(C)C)N(C)C)[C@H]1Cc1c[nH]c2ccccc12. The Morgan fingerprint density at radius 3 is 2.25 bits per heavy atom. The number of imide groups is 1. The van der Waals surface area contributed by atoms with Gasteiger partial charge in [0.15, 0.2) is 0 Å². The number of likely N-dealkylation sites (N-methyl/N-ethyl adjacent to an activating group) is 1. The number of methoxy groups -OCH3 is 1. The van der Waals surface area contributed by atoms with E-state index < -0.39 is 53.8 Å². The lowest BCUT2D eigenvalue weighted by Gasteiger charge is -2.32. The maximum absolute atomic E-state index is 14.2. The van der Waals surface area contributed by atoms with Gasteiger partial charge in [-0.1, -0.05) is 101 Å². The molecule has 1 saturated carbocycles. The summed E-state index contributed by atoms with van der Waals surface area (Å²) in [6.07, 6.45) is 13.1. The van der Waals surface area contributed by atoms with E-state index in [1.807, 2.05) is 93.6 Å².